The average Bonchev–Trinajstić information content (AvgIpc) is 3.19. The quantitative estimate of drug-likeness (QED) is 0.821. The molecule has 4 rings (SSSR count). The molecular weight excluding hydrogens is 346 g/mol. The molecule has 0 aromatic carbocycles. The second-order valence-electron chi connectivity index (χ2n) is 8.21. The van der Waals surface area contributed by atoms with Gasteiger partial charge < -0.3 is 19.8 Å². The van der Waals surface area contributed by atoms with Gasteiger partial charge >= 0.3 is 5.97 Å². The SMILES string of the molecule is CC(C)[C@@H]1CC[C@@H](C)C[C@H]1O[C@@H]1OC(=O)C[C@H]1n1cnc2c(N)ncnc21. The summed E-state index contributed by atoms with van der Waals surface area (Å²) in [6.07, 6.45) is 6.08. The highest BCUT2D eigenvalue weighted by Crippen LogP contribution is 2.39. The van der Waals surface area contributed by atoms with Crippen LogP contribution in [-0.4, -0.2) is 37.9 Å². The highest BCUT2D eigenvalue weighted by atomic mass is 16.7. The second kappa shape index (κ2) is 7.07. The maximum Gasteiger partial charge on any atom is 0.310 e. The number of nitrogens with two attached hydrogens (primary N) is 1. The van der Waals surface area contributed by atoms with Crippen molar-refractivity contribution in [2.75, 3.05) is 5.73 Å². The first-order chi connectivity index (χ1) is 12.9. The Morgan fingerprint density at radius 2 is 2.11 bits per heavy atom. The molecule has 1 aliphatic carbocycles. The maximum absolute atomic E-state index is 12.1. The van der Waals surface area contributed by atoms with E-state index in [-0.39, 0.29) is 24.5 Å². The van der Waals surface area contributed by atoms with E-state index in [9.17, 15) is 4.79 Å². The summed E-state index contributed by atoms with van der Waals surface area (Å²) in [5.74, 6) is 1.67. The third-order valence-corrected chi connectivity index (χ3v) is 5.95. The van der Waals surface area contributed by atoms with E-state index in [1.54, 1.807) is 6.33 Å². The number of nitrogen functional groups attached to an aromatic ring is 1. The molecule has 0 radical (unpaired) electrons. The lowest BCUT2D eigenvalue weighted by molar-refractivity contribution is -0.193. The third-order valence-electron chi connectivity index (χ3n) is 5.95. The zero-order chi connectivity index (χ0) is 19.1. The number of rotatable bonds is 4. The Morgan fingerprint density at radius 1 is 1.30 bits per heavy atom. The fourth-order valence-electron chi connectivity index (χ4n) is 4.43. The van der Waals surface area contributed by atoms with Crippen LogP contribution < -0.4 is 5.73 Å². The van der Waals surface area contributed by atoms with Crippen molar-refractivity contribution in [2.45, 2.75) is 64.9 Å². The molecule has 8 heteroatoms. The first kappa shape index (κ1) is 18.2. The van der Waals surface area contributed by atoms with Crippen molar-refractivity contribution in [3.05, 3.63) is 12.7 Å². The number of hydrogen-bond acceptors (Lipinski definition) is 7. The molecule has 2 N–H and O–H groups in total. The van der Waals surface area contributed by atoms with Crippen LogP contribution in [0.2, 0.25) is 0 Å². The van der Waals surface area contributed by atoms with Gasteiger partial charge in [0.1, 0.15) is 17.9 Å². The Labute approximate surface area is 158 Å². The van der Waals surface area contributed by atoms with Crippen LogP contribution in [-0.2, 0) is 14.3 Å². The predicted octanol–water partition coefficient (Wildman–Crippen LogP) is 2.70. The van der Waals surface area contributed by atoms with Crippen LogP contribution in [0, 0.1) is 17.8 Å². The molecule has 1 saturated carbocycles. The minimum absolute atomic E-state index is 0.0848. The Balaban J connectivity index is 1.61. The minimum atomic E-state index is -0.636. The molecular formula is C19H27N5O3. The molecule has 2 aromatic rings. The highest BCUT2D eigenvalue weighted by Gasteiger charge is 2.42. The van der Waals surface area contributed by atoms with E-state index in [1.807, 2.05) is 4.57 Å². The van der Waals surface area contributed by atoms with E-state index in [1.165, 1.54) is 12.7 Å². The standard InChI is InChI=1S/C19H27N5O3/c1-10(2)12-5-4-11(3)6-14(12)26-19-13(7-15(25)27-19)24-9-23-16-17(20)21-8-22-18(16)24/h8-14,19H,4-7H2,1-3H3,(H2,20,21,22)/t11-,12+,13-,14-,19-/m1/s1. The number of aromatic nitrogens is 4. The number of ether oxygens (including phenoxy) is 2. The molecule has 1 aliphatic heterocycles. The Bertz CT molecular complexity index is 836. The van der Waals surface area contributed by atoms with Crippen LogP contribution in [0.25, 0.3) is 11.2 Å². The lowest BCUT2D eigenvalue weighted by atomic mass is 9.75. The molecule has 146 valence electrons. The van der Waals surface area contributed by atoms with Gasteiger partial charge in [-0.25, -0.2) is 15.0 Å². The number of imidazole rings is 1. The smallest absolute Gasteiger partial charge is 0.310 e. The summed E-state index contributed by atoms with van der Waals surface area (Å²) in [6, 6.07) is -0.304. The fourth-order valence-corrected chi connectivity index (χ4v) is 4.43. The first-order valence-corrected chi connectivity index (χ1v) is 9.72. The van der Waals surface area contributed by atoms with Crippen molar-refractivity contribution in [1.29, 1.82) is 0 Å². The number of cyclic esters (lactones) is 1. The summed E-state index contributed by atoms with van der Waals surface area (Å²) < 4.78 is 13.8. The van der Waals surface area contributed by atoms with Crippen molar-refractivity contribution < 1.29 is 14.3 Å². The molecule has 2 aliphatic rings. The summed E-state index contributed by atoms with van der Waals surface area (Å²) in [4.78, 5) is 24.7. The molecule has 8 nitrogen and oxygen atoms in total. The number of nitrogens with zero attached hydrogens (tertiary/aromatic N) is 4. The topological polar surface area (TPSA) is 105 Å². The highest BCUT2D eigenvalue weighted by molar-refractivity contribution is 5.81. The number of esters is 1. The van der Waals surface area contributed by atoms with Crippen LogP contribution in [0.1, 0.15) is 52.5 Å². The predicted molar refractivity (Wildman–Crippen MR) is 99.5 cm³/mol. The van der Waals surface area contributed by atoms with Crippen LogP contribution in [0.4, 0.5) is 5.82 Å². The molecule has 0 unspecified atom stereocenters. The number of carbonyl (C=O) groups is 1. The first-order valence-electron chi connectivity index (χ1n) is 9.72. The van der Waals surface area contributed by atoms with Crippen molar-refractivity contribution >= 4 is 23.0 Å². The second-order valence-corrected chi connectivity index (χ2v) is 8.21. The van der Waals surface area contributed by atoms with E-state index >= 15 is 0 Å². The number of fused-ring (bicyclic) bond motifs is 1. The van der Waals surface area contributed by atoms with Crippen molar-refractivity contribution in [2.24, 2.45) is 17.8 Å². The summed E-state index contributed by atoms with van der Waals surface area (Å²) in [6.45, 7) is 6.73. The summed E-state index contributed by atoms with van der Waals surface area (Å²) in [7, 11) is 0. The molecule has 2 aromatic heterocycles. The monoisotopic (exact) mass is 373 g/mol. The molecule has 0 spiro atoms. The van der Waals surface area contributed by atoms with Gasteiger partial charge in [0.25, 0.3) is 0 Å². The third kappa shape index (κ3) is 3.38. The molecule has 0 amide bonds. The summed E-state index contributed by atoms with van der Waals surface area (Å²) in [5, 5.41) is 0. The lowest BCUT2D eigenvalue weighted by Crippen LogP contribution is -2.38. The number of anilines is 1. The van der Waals surface area contributed by atoms with Gasteiger partial charge in [-0.15, -0.1) is 0 Å². The summed E-state index contributed by atoms with van der Waals surface area (Å²) in [5.41, 5.74) is 7.01. The molecule has 3 heterocycles. The van der Waals surface area contributed by atoms with Gasteiger partial charge in [0, 0.05) is 0 Å². The molecule has 2 fully saturated rings. The normalized spacial score (nSPS) is 31.6. The van der Waals surface area contributed by atoms with Crippen LogP contribution >= 0.6 is 0 Å². The zero-order valence-corrected chi connectivity index (χ0v) is 16.0. The van der Waals surface area contributed by atoms with Gasteiger partial charge in [-0.1, -0.05) is 27.2 Å². The van der Waals surface area contributed by atoms with Crippen molar-refractivity contribution in [3.8, 4) is 0 Å². The maximum atomic E-state index is 12.1. The van der Waals surface area contributed by atoms with Gasteiger partial charge in [-0.05, 0) is 30.6 Å². The minimum Gasteiger partial charge on any atom is -0.433 e. The fraction of sp³-hybridized carbons (Fsp3) is 0.684. The van der Waals surface area contributed by atoms with Gasteiger partial charge in [0.05, 0.1) is 18.9 Å². The van der Waals surface area contributed by atoms with Gasteiger partial charge in [-0.3, -0.25) is 4.79 Å². The zero-order valence-electron chi connectivity index (χ0n) is 16.0. The van der Waals surface area contributed by atoms with Crippen LogP contribution in [0.3, 0.4) is 0 Å². The van der Waals surface area contributed by atoms with Crippen molar-refractivity contribution in [3.63, 3.8) is 0 Å². The Kier molecular flexibility index (Phi) is 4.75. The van der Waals surface area contributed by atoms with Gasteiger partial charge in [0.15, 0.2) is 11.5 Å². The van der Waals surface area contributed by atoms with Gasteiger partial charge in [0.2, 0.25) is 6.29 Å². The molecule has 27 heavy (non-hydrogen) atoms. The molecule has 1 saturated heterocycles. The number of carbonyl (C=O) groups excluding carboxylic acids is 1. The van der Waals surface area contributed by atoms with E-state index in [4.69, 9.17) is 15.2 Å². The molecule has 0 bridgehead atoms. The van der Waals surface area contributed by atoms with Gasteiger partial charge in [-0.2, -0.15) is 0 Å². The van der Waals surface area contributed by atoms with Crippen LogP contribution in [0.15, 0.2) is 12.7 Å². The van der Waals surface area contributed by atoms with E-state index in [0.717, 1.165) is 12.8 Å². The lowest BCUT2D eigenvalue weighted by Gasteiger charge is -2.38. The summed E-state index contributed by atoms with van der Waals surface area (Å²) >= 11 is 0. The Hall–Kier alpha value is -2.22. The molecule has 5 atom stereocenters. The van der Waals surface area contributed by atoms with E-state index in [0.29, 0.717) is 34.7 Å². The van der Waals surface area contributed by atoms with Crippen LogP contribution in [0.5, 0.6) is 0 Å². The van der Waals surface area contributed by atoms with Crippen molar-refractivity contribution in [1.82, 2.24) is 19.5 Å². The Morgan fingerprint density at radius 3 is 2.89 bits per heavy atom. The largest absolute Gasteiger partial charge is 0.433 e. The average molecular weight is 373 g/mol. The van der Waals surface area contributed by atoms with E-state index < -0.39 is 6.29 Å². The number of hydrogen-bond donors (Lipinski definition) is 1. The van der Waals surface area contributed by atoms with E-state index in [2.05, 4.69) is 35.7 Å².